The highest BCUT2D eigenvalue weighted by atomic mass is 16.5. The van der Waals surface area contributed by atoms with Crippen LogP contribution in [0.25, 0.3) is 0 Å². The van der Waals surface area contributed by atoms with Gasteiger partial charge in [0.15, 0.2) is 6.61 Å². The Morgan fingerprint density at radius 2 is 1.76 bits per heavy atom. The van der Waals surface area contributed by atoms with Crippen LogP contribution >= 0.6 is 0 Å². The molecular formula is C23H35N3O3. The van der Waals surface area contributed by atoms with Crippen LogP contribution in [0, 0.1) is 17.8 Å². The molecule has 4 rings (SSSR count). The SMILES string of the molecule is NC(=O)COc1ccc(CN2CC3C(COCCCN4CCCCC4)[C@H]3C2)cc1. The molecule has 2 N–H and O–H groups in total. The molecule has 2 aliphatic heterocycles. The lowest BCUT2D eigenvalue weighted by Crippen LogP contribution is -2.31. The molecule has 1 aromatic carbocycles. The van der Waals surface area contributed by atoms with Gasteiger partial charge in [-0.05, 0) is 67.8 Å². The van der Waals surface area contributed by atoms with Gasteiger partial charge in [0.25, 0.3) is 5.91 Å². The number of hydrogen-bond donors (Lipinski definition) is 1. The summed E-state index contributed by atoms with van der Waals surface area (Å²) in [5.74, 6) is 2.68. The van der Waals surface area contributed by atoms with Crippen molar-refractivity contribution in [1.29, 1.82) is 0 Å². The molecule has 2 heterocycles. The lowest BCUT2D eigenvalue weighted by Gasteiger charge is -2.26. The number of nitrogens with zero attached hydrogens (tertiary/aromatic N) is 2. The summed E-state index contributed by atoms with van der Waals surface area (Å²) in [6.45, 7) is 8.92. The summed E-state index contributed by atoms with van der Waals surface area (Å²) in [5.41, 5.74) is 6.38. The van der Waals surface area contributed by atoms with Gasteiger partial charge >= 0.3 is 0 Å². The van der Waals surface area contributed by atoms with Crippen molar-refractivity contribution in [2.24, 2.45) is 23.5 Å². The third kappa shape index (κ3) is 5.93. The predicted molar refractivity (Wildman–Crippen MR) is 113 cm³/mol. The standard InChI is InChI=1S/C23H35N3O3/c24-23(27)17-29-19-7-5-18(6-8-19)13-26-14-20-21(15-26)22(20)16-28-12-4-11-25-9-2-1-3-10-25/h5-8,20-22H,1-4,9-17H2,(H2,24,27)/t20-,21?,22?/m0/s1. The van der Waals surface area contributed by atoms with E-state index in [-0.39, 0.29) is 6.61 Å². The number of ether oxygens (including phenoxy) is 2. The van der Waals surface area contributed by atoms with Gasteiger partial charge in [-0.2, -0.15) is 0 Å². The maximum absolute atomic E-state index is 10.8. The zero-order valence-electron chi connectivity index (χ0n) is 17.4. The number of primary amides is 1. The van der Waals surface area contributed by atoms with Crippen LogP contribution < -0.4 is 10.5 Å². The number of rotatable bonds is 11. The van der Waals surface area contributed by atoms with Crippen molar-refractivity contribution in [2.45, 2.75) is 32.2 Å². The van der Waals surface area contributed by atoms with E-state index in [1.54, 1.807) is 0 Å². The van der Waals surface area contributed by atoms with Gasteiger partial charge in [-0.1, -0.05) is 18.6 Å². The number of hydrogen-bond acceptors (Lipinski definition) is 5. The Kier molecular flexibility index (Phi) is 7.06. The molecule has 6 heteroatoms. The highest BCUT2D eigenvalue weighted by Crippen LogP contribution is 2.52. The van der Waals surface area contributed by atoms with Gasteiger partial charge in [-0.15, -0.1) is 0 Å². The Bertz CT molecular complexity index is 648. The molecule has 1 saturated carbocycles. The number of carbonyl (C=O) groups excluding carboxylic acids is 1. The fourth-order valence-electron chi connectivity index (χ4n) is 5.01. The molecule has 160 valence electrons. The number of benzene rings is 1. The number of nitrogens with two attached hydrogens (primary N) is 1. The van der Waals surface area contributed by atoms with Crippen LogP contribution in [0.3, 0.4) is 0 Å². The summed E-state index contributed by atoms with van der Waals surface area (Å²) in [4.78, 5) is 15.9. The normalized spacial score (nSPS) is 27.0. The largest absolute Gasteiger partial charge is 0.484 e. The molecule has 2 unspecified atom stereocenters. The third-order valence-corrected chi connectivity index (χ3v) is 6.68. The molecule has 29 heavy (non-hydrogen) atoms. The van der Waals surface area contributed by atoms with Crippen molar-refractivity contribution >= 4 is 5.91 Å². The molecule has 6 nitrogen and oxygen atoms in total. The average Bonchev–Trinajstić information content (AvgIpc) is 3.18. The number of likely N-dealkylation sites (tertiary alicyclic amines) is 2. The highest BCUT2D eigenvalue weighted by molar-refractivity contribution is 5.75. The van der Waals surface area contributed by atoms with Gasteiger partial charge < -0.3 is 20.1 Å². The topological polar surface area (TPSA) is 68.0 Å². The Morgan fingerprint density at radius 1 is 1.03 bits per heavy atom. The van der Waals surface area contributed by atoms with E-state index in [2.05, 4.69) is 21.9 Å². The first kappa shape index (κ1) is 20.6. The summed E-state index contributed by atoms with van der Waals surface area (Å²) >= 11 is 0. The molecule has 3 atom stereocenters. The van der Waals surface area contributed by atoms with E-state index in [1.807, 2.05) is 12.1 Å². The molecule has 0 radical (unpaired) electrons. The van der Waals surface area contributed by atoms with E-state index < -0.39 is 5.91 Å². The van der Waals surface area contributed by atoms with Crippen molar-refractivity contribution in [3.63, 3.8) is 0 Å². The lowest BCUT2D eigenvalue weighted by molar-refractivity contribution is -0.119. The van der Waals surface area contributed by atoms with E-state index in [0.29, 0.717) is 5.75 Å². The minimum absolute atomic E-state index is 0.0729. The lowest BCUT2D eigenvalue weighted by atomic mass is 10.1. The van der Waals surface area contributed by atoms with Gasteiger partial charge in [-0.3, -0.25) is 9.69 Å². The molecule has 0 aromatic heterocycles. The van der Waals surface area contributed by atoms with Crippen LogP contribution in [0.5, 0.6) is 5.75 Å². The molecule has 0 spiro atoms. The van der Waals surface area contributed by atoms with Gasteiger partial charge in [0.2, 0.25) is 0 Å². The summed E-state index contributed by atoms with van der Waals surface area (Å²) in [5, 5.41) is 0. The minimum atomic E-state index is -0.453. The minimum Gasteiger partial charge on any atom is -0.484 e. The first-order chi connectivity index (χ1) is 14.2. The number of carbonyl (C=O) groups is 1. The Hall–Kier alpha value is -1.63. The third-order valence-electron chi connectivity index (χ3n) is 6.68. The first-order valence-electron chi connectivity index (χ1n) is 11.2. The predicted octanol–water partition coefficient (Wildman–Crippen LogP) is 2.12. The van der Waals surface area contributed by atoms with Crippen molar-refractivity contribution in [3.8, 4) is 5.75 Å². The summed E-state index contributed by atoms with van der Waals surface area (Å²) in [7, 11) is 0. The van der Waals surface area contributed by atoms with E-state index in [9.17, 15) is 4.79 Å². The van der Waals surface area contributed by atoms with Gasteiger partial charge in [-0.25, -0.2) is 0 Å². The van der Waals surface area contributed by atoms with Crippen LogP contribution in [0.15, 0.2) is 24.3 Å². The molecule has 3 fully saturated rings. The Labute approximate surface area is 174 Å². The van der Waals surface area contributed by atoms with E-state index in [4.69, 9.17) is 15.2 Å². The number of fused-ring (bicyclic) bond motifs is 1. The Balaban J connectivity index is 1.07. The quantitative estimate of drug-likeness (QED) is 0.575. The maximum atomic E-state index is 10.8. The second-order valence-corrected chi connectivity index (χ2v) is 8.92. The van der Waals surface area contributed by atoms with E-state index in [1.165, 1.54) is 64.0 Å². The average molecular weight is 402 g/mol. The molecule has 1 aliphatic carbocycles. The van der Waals surface area contributed by atoms with E-state index in [0.717, 1.165) is 37.5 Å². The van der Waals surface area contributed by atoms with Crippen molar-refractivity contribution in [1.82, 2.24) is 9.80 Å². The smallest absolute Gasteiger partial charge is 0.255 e. The maximum Gasteiger partial charge on any atom is 0.255 e. The van der Waals surface area contributed by atoms with Crippen LogP contribution in [0.1, 0.15) is 31.2 Å². The van der Waals surface area contributed by atoms with Gasteiger partial charge in [0, 0.05) is 32.8 Å². The fourth-order valence-corrected chi connectivity index (χ4v) is 5.01. The molecule has 1 amide bonds. The second kappa shape index (κ2) is 9.92. The fraction of sp³-hybridized carbons (Fsp3) is 0.696. The molecule has 2 saturated heterocycles. The van der Waals surface area contributed by atoms with Crippen LogP contribution in [0.4, 0.5) is 0 Å². The zero-order valence-corrected chi connectivity index (χ0v) is 17.4. The molecule has 1 aromatic rings. The zero-order chi connectivity index (χ0) is 20.1. The Morgan fingerprint density at radius 3 is 2.45 bits per heavy atom. The van der Waals surface area contributed by atoms with Gasteiger partial charge in [0.05, 0.1) is 6.61 Å². The van der Waals surface area contributed by atoms with Crippen molar-refractivity contribution in [2.75, 3.05) is 52.5 Å². The monoisotopic (exact) mass is 401 g/mol. The van der Waals surface area contributed by atoms with Gasteiger partial charge in [0.1, 0.15) is 5.75 Å². The molecular weight excluding hydrogens is 366 g/mol. The van der Waals surface area contributed by atoms with Crippen LogP contribution in [0.2, 0.25) is 0 Å². The van der Waals surface area contributed by atoms with Crippen molar-refractivity contribution < 1.29 is 14.3 Å². The number of piperidine rings is 2. The summed E-state index contributed by atoms with van der Waals surface area (Å²) in [6.07, 6.45) is 5.32. The molecule has 0 bridgehead atoms. The van der Waals surface area contributed by atoms with E-state index >= 15 is 0 Å². The number of amides is 1. The van der Waals surface area contributed by atoms with Crippen LogP contribution in [-0.2, 0) is 16.1 Å². The molecule has 3 aliphatic rings. The summed E-state index contributed by atoms with van der Waals surface area (Å²) < 4.78 is 11.3. The van der Waals surface area contributed by atoms with Crippen LogP contribution in [-0.4, -0.2) is 68.3 Å². The van der Waals surface area contributed by atoms with Crippen molar-refractivity contribution in [3.05, 3.63) is 29.8 Å². The second-order valence-electron chi connectivity index (χ2n) is 8.92. The first-order valence-corrected chi connectivity index (χ1v) is 11.2. The highest BCUT2D eigenvalue weighted by Gasteiger charge is 2.55. The summed E-state index contributed by atoms with van der Waals surface area (Å²) in [6, 6.07) is 7.97.